The van der Waals surface area contributed by atoms with Crippen LogP contribution in [-0.4, -0.2) is 41.6 Å². The van der Waals surface area contributed by atoms with Gasteiger partial charge in [-0.15, -0.1) is 0 Å². The third-order valence-electron chi connectivity index (χ3n) is 3.90. The summed E-state index contributed by atoms with van der Waals surface area (Å²) in [5.74, 6) is -0.533. The fraction of sp³-hybridized carbons (Fsp3) is 0.462. The molecule has 21 heavy (non-hydrogen) atoms. The van der Waals surface area contributed by atoms with Crippen LogP contribution >= 0.6 is 0 Å². The molecule has 2 aromatic rings. The Balaban J connectivity index is 2.09. The van der Waals surface area contributed by atoms with E-state index in [1.165, 1.54) is 21.0 Å². The van der Waals surface area contributed by atoms with Gasteiger partial charge in [0.25, 0.3) is 0 Å². The maximum absolute atomic E-state index is 12.6. The Morgan fingerprint density at radius 1 is 1.43 bits per heavy atom. The summed E-state index contributed by atoms with van der Waals surface area (Å²) in [6, 6.07) is 3.99. The zero-order valence-corrected chi connectivity index (χ0v) is 12.3. The highest BCUT2D eigenvalue weighted by molar-refractivity contribution is 7.89. The third-order valence-corrected chi connectivity index (χ3v) is 5.85. The molecule has 114 valence electrons. The zero-order chi connectivity index (χ0) is 15.2. The molecule has 0 bridgehead atoms. The average molecular weight is 312 g/mol. The lowest BCUT2D eigenvalue weighted by molar-refractivity contribution is 0.213. The number of hydrogen-bond donors (Lipinski definition) is 1. The molecule has 0 unspecified atom stereocenters. The summed E-state index contributed by atoms with van der Waals surface area (Å²) in [7, 11) is -2.13. The highest BCUT2D eigenvalue weighted by atomic mass is 32.2. The first kappa shape index (κ1) is 14.3. The van der Waals surface area contributed by atoms with Crippen LogP contribution in [0.2, 0.25) is 0 Å². The van der Waals surface area contributed by atoms with E-state index in [0.717, 1.165) is 6.42 Å². The average Bonchev–Trinajstić information content (AvgIpc) is 3.04. The number of benzene rings is 1. The largest absolute Gasteiger partial charge is 0.419 e. The lowest BCUT2D eigenvalue weighted by atomic mass is 10.2. The molecule has 3 rings (SSSR count). The molecule has 0 aliphatic carbocycles. The molecule has 1 fully saturated rings. The van der Waals surface area contributed by atoms with Crippen LogP contribution in [0.3, 0.4) is 0 Å². The molecule has 1 N–H and O–H groups in total. The van der Waals surface area contributed by atoms with Crippen molar-refractivity contribution in [2.45, 2.75) is 23.8 Å². The smallest absolute Gasteiger partial charge is 0.408 e. The summed E-state index contributed by atoms with van der Waals surface area (Å²) in [6.45, 7) is 0.201. The molecule has 7 nitrogen and oxygen atoms in total. The topological polar surface area (TPSA) is 92.8 Å². The van der Waals surface area contributed by atoms with Crippen LogP contribution in [0, 0.1) is 0 Å². The van der Waals surface area contributed by atoms with Crippen molar-refractivity contribution in [1.29, 1.82) is 0 Å². The van der Waals surface area contributed by atoms with Crippen LogP contribution in [0.15, 0.2) is 32.3 Å². The van der Waals surface area contributed by atoms with Gasteiger partial charge in [0.15, 0.2) is 5.58 Å². The number of rotatable bonds is 3. The van der Waals surface area contributed by atoms with Crippen molar-refractivity contribution in [1.82, 2.24) is 8.87 Å². The van der Waals surface area contributed by atoms with E-state index in [1.807, 2.05) is 0 Å². The zero-order valence-electron chi connectivity index (χ0n) is 11.5. The molecule has 8 heteroatoms. The highest BCUT2D eigenvalue weighted by Gasteiger charge is 2.35. The van der Waals surface area contributed by atoms with Crippen molar-refractivity contribution >= 4 is 21.1 Å². The molecular formula is C13H16N2O5S. The number of fused-ring (bicyclic) bond motifs is 1. The predicted octanol–water partition coefficient (Wildman–Crippen LogP) is 0.277. The first-order valence-electron chi connectivity index (χ1n) is 6.67. The van der Waals surface area contributed by atoms with Crippen molar-refractivity contribution < 1.29 is 17.9 Å². The summed E-state index contributed by atoms with van der Waals surface area (Å²) in [5, 5.41) is 9.29. The van der Waals surface area contributed by atoms with Gasteiger partial charge in [0, 0.05) is 25.7 Å². The molecule has 2 heterocycles. The second-order valence-corrected chi connectivity index (χ2v) is 7.04. The second-order valence-electron chi connectivity index (χ2n) is 5.15. The lowest BCUT2D eigenvalue weighted by Gasteiger charge is -2.22. The van der Waals surface area contributed by atoms with Gasteiger partial charge in [-0.25, -0.2) is 13.2 Å². The van der Waals surface area contributed by atoms with Crippen LogP contribution in [0.5, 0.6) is 0 Å². The van der Waals surface area contributed by atoms with Gasteiger partial charge in [0.2, 0.25) is 10.0 Å². The number of oxazole rings is 1. The van der Waals surface area contributed by atoms with E-state index in [9.17, 15) is 18.3 Å². The van der Waals surface area contributed by atoms with E-state index >= 15 is 0 Å². The number of aliphatic hydroxyl groups is 1. The number of aromatic nitrogens is 1. The second kappa shape index (κ2) is 4.97. The van der Waals surface area contributed by atoms with Crippen molar-refractivity contribution in [2.75, 3.05) is 13.2 Å². The Kier molecular flexibility index (Phi) is 3.39. The maximum atomic E-state index is 12.6. The van der Waals surface area contributed by atoms with Gasteiger partial charge >= 0.3 is 5.76 Å². The van der Waals surface area contributed by atoms with Gasteiger partial charge in [0.05, 0.1) is 17.0 Å². The molecule has 0 amide bonds. The Morgan fingerprint density at radius 3 is 2.90 bits per heavy atom. The number of aryl methyl sites for hydroxylation is 1. The Labute approximate surface area is 121 Å². The highest BCUT2D eigenvalue weighted by Crippen LogP contribution is 2.27. The molecule has 0 saturated carbocycles. The van der Waals surface area contributed by atoms with Crippen LogP contribution in [-0.2, 0) is 17.1 Å². The van der Waals surface area contributed by atoms with Gasteiger partial charge in [-0.1, -0.05) is 0 Å². The van der Waals surface area contributed by atoms with Crippen LogP contribution in [0.4, 0.5) is 0 Å². The third kappa shape index (κ3) is 2.19. The Morgan fingerprint density at radius 2 is 2.19 bits per heavy atom. The van der Waals surface area contributed by atoms with Gasteiger partial charge in [-0.2, -0.15) is 4.31 Å². The molecule has 1 aliphatic heterocycles. The number of nitrogens with zero attached hydrogens (tertiary/aromatic N) is 2. The van der Waals surface area contributed by atoms with E-state index in [4.69, 9.17) is 4.42 Å². The van der Waals surface area contributed by atoms with E-state index in [2.05, 4.69) is 0 Å². The van der Waals surface area contributed by atoms with Gasteiger partial charge in [0.1, 0.15) is 0 Å². The van der Waals surface area contributed by atoms with Crippen LogP contribution < -0.4 is 5.76 Å². The first-order chi connectivity index (χ1) is 9.95. The summed E-state index contributed by atoms with van der Waals surface area (Å²) < 4.78 is 32.9. The van der Waals surface area contributed by atoms with E-state index < -0.39 is 15.8 Å². The summed E-state index contributed by atoms with van der Waals surface area (Å²) in [5.41, 5.74) is 0.780. The summed E-state index contributed by atoms with van der Waals surface area (Å²) in [4.78, 5) is 11.5. The molecule has 1 aromatic heterocycles. The monoisotopic (exact) mass is 312 g/mol. The molecule has 0 spiro atoms. The molecule has 1 saturated heterocycles. The Bertz CT molecular complexity index is 836. The first-order valence-corrected chi connectivity index (χ1v) is 8.11. The molecule has 1 atom stereocenters. The SMILES string of the molecule is Cn1c(=O)oc2cc(S(=O)(=O)N3CCC[C@H]3CO)ccc21. The maximum Gasteiger partial charge on any atom is 0.419 e. The van der Waals surface area contributed by atoms with Crippen molar-refractivity contribution in [3.05, 3.63) is 28.7 Å². The lowest BCUT2D eigenvalue weighted by Crippen LogP contribution is -2.37. The van der Waals surface area contributed by atoms with Crippen LogP contribution in [0.25, 0.3) is 11.1 Å². The summed E-state index contributed by atoms with van der Waals surface area (Å²) in [6.07, 6.45) is 1.38. The Hall–Kier alpha value is -1.64. The van der Waals surface area contributed by atoms with E-state index in [0.29, 0.717) is 18.5 Å². The summed E-state index contributed by atoms with van der Waals surface area (Å²) >= 11 is 0. The predicted molar refractivity (Wildman–Crippen MR) is 75.5 cm³/mol. The quantitative estimate of drug-likeness (QED) is 0.878. The molecule has 0 radical (unpaired) electrons. The van der Waals surface area contributed by atoms with Gasteiger partial charge in [-0.05, 0) is 25.0 Å². The van der Waals surface area contributed by atoms with Crippen molar-refractivity contribution in [2.24, 2.45) is 7.05 Å². The van der Waals surface area contributed by atoms with E-state index in [-0.39, 0.29) is 23.1 Å². The van der Waals surface area contributed by atoms with Gasteiger partial charge < -0.3 is 9.52 Å². The number of aliphatic hydroxyl groups excluding tert-OH is 1. The van der Waals surface area contributed by atoms with Crippen molar-refractivity contribution in [3.8, 4) is 0 Å². The molecular weight excluding hydrogens is 296 g/mol. The minimum atomic E-state index is -3.69. The minimum Gasteiger partial charge on any atom is -0.408 e. The number of hydrogen-bond acceptors (Lipinski definition) is 5. The number of sulfonamides is 1. The molecule has 1 aromatic carbocycles. The van der Waals surface area contributed by atoms with Gasteiger partial charge in [-0.3, -0.25) is 4.57 Å². The standard InChI is InChI=1S/C13H16N2O5S/c1-14-11-5-4-10(7-12(11)20-13(14)17)21(18,19)15-6-2-3-9(15)8-16/h4-5,7,9,16H,2-3,6,8H2,1H3/t9-/m0/s1. The molecule has 1 aliphatic rings. The normalized spacial score (nSPS) is 20.4. The van der Waals surface area contributed by atoms with E-state index in [1.54, 1.807) is 13.1 Å². The van der Waals surface area contributed by atoms with Crippen molar-refractivity contribution in [3.63, 3.8) is 0 Å². The fourth-order valence-electron chi connectivity index (χ4n) is 2.72. The minimum absolute atomic E-state index is 0.0738. The fourth-order valence-corrected chi connectivity index (χ4v) is 4.42. The van der Waals surface area contributed by atoms with Crippen LogP contribution in [0.1, 0.15) is 12.8 Å².